The Morgan fingerprint density at radius 3 is 2.48 bits per heavy atom. The average Bonchev–Trinajstić information content (AvgIpc) is 3.15. The molecule has 7 heteroatoms. The Hall–Kier alpha value is -2.93. The van der Waals surface area contributed by atoms with Gasteiger partial charge in [0.2, 0.25) is 5.91 Å². The number of nitrogens with one attached hydrogen (secondary N) is 1. The van der Waals surface area contributed by atoms with Gasteiger partial charge in [0.05, 0.1) is 25.2 Å². The van der Waals surface area contributed by atoms with Crippen LogP contribution in [0.3, 0.4) is 0 Å². The van der Waals surface area contributed by atoms with E-state index in [1.54, 1.807) is 38.6 Å². The largest absolute Gasteiger partial charge is 0.497 e. The van der Waals surface area contributed by atoms with Gasteiger partial charge in [0.25, 0.3) is 0 Å². The van der Waals surface area contributed by atoms with Gasteiger partial charge in [-0.15, -0.1) is 0 Å². The first-order valence-corrected chi connectivity index (χ1v) is 10.1. The van der Waals surface area contributed by atoms with Crippen molar-refractivity contribution in [3.8, 4) is 17.2 Å². The van der Waals surface area contributed by atoms with E-state index in [1.807, 2.05) is 17.7 Å². The summed E-state index contributed by atoms with van der Waals surface area (Å²) in [5.74, 6) is 1.08. The topological polar surface area (TPSA) is 65.4 Å². The van der Waals surface area contributed by atoms with Gasteiger partial charge in [0, 0.05) is 24.1 Å². The summed E-state index contributed by atoms with van der Waals surface area (Å²) in [6, 6.07) is 11.6. The molecular formula is C22H25N3O3S. The zero-order chi connectivity index (χ0) is 21.0. The fourth-order valence-corrected chi connectivity index (χ4v) is 3.90. The molecule has 152 valence electrons. The number of rotatable bonds is 7. The van der Waals surface area contributed by atoms with Crippen LogP contribution in [0.25, 0.3) is 5.69 Å². The lowest BCUT2D eigenvalue weighted by atomic mass is 10.1. The second-order valence-corrected chi connectivity index (χ2v) is 8.05. The number of benzene rings is 2. The highest BCUT2D eigenvalue weighted by molar-refractivity contribution is 8.00. The van der Waals surface area contributed by atoms with Crippen LogP contribution in [0, 0.1) is 13.8 Å². The number of aryl methyl sites for hydroxylation is 2. The van der Waals surface area contributed by atoms with Gasteiger partial charge in [-0.05, 0) is 56.2 Å². The van der Waals surface area contributed by atoms with Gasteiger partial charge in [-0.1, -0.05) is 17.8 Å². The SMILES string of the molecule is COc1ccc(OC)c(NC(=O)C(C)Sc2nccn2-c2cc(C)cc(C)c2)c1. The van der Waals surface area contributed by atoms with E-state index in [-0.39, 0.29) is 11.2 Å². The number of hydrogen-bond donors (Lipinski definition) is 1. The zero-order valence-electron chi connectivity index (χ0n) is 17.2. The Morgan fingerprint density at radius 1 is 1.10 bits per heavy atom. The van der Waals surface area contributed by atoms with Crippen molar-refractivity contribution >= 4 is 23.4 Å². The number of thioether (sulfide) groups is 1. The molecule has 6 nitrogen and oxygen atoms in total. The zero-order valence-corrected chi connectivity index (χ0v) is 18.0. The molecule has 3 rings (SSSR count). The molecule has 1 N–H and O–H groups in total. The van der Waals surface area contributed by atoms with Crippen molar-refractivity contribution in [2.24, 2.45) is 0 Å². The molecule has 0 fully saturated rings. The second kappa shape index (κ2) is 9.05. The number of ether oxygens (including phenoxy) is 2. The summed E-state index contributed by atoms with van der Waals surface area (Å²) in [7, 11) is 3.15. The van der Waals surface area contributed by atoms with Crippen LogP contribution in [-0.2, 0) is 4.79 Å². The van der Waals surface area contributed by atoms with E-state index in [0.29, 0.717) is 17.2 Å². The van der Waals surface area contributed by atoms with Crippen LogP contribution in [0.5, 0.6) is 11.5 Å². The van der Waals surface area contributed by atoms with Crippen LogP contribution in [0.4, 0.5) is 5.69 Å². The number of aromatic nitrogens is 2. The van der Waals surface area contributed by atoms with Gasteiger partial charge < -0.3 is 14.8 Å². The lowest BCUT2D eigenvalue weighted by molar-refractivity contribution is -0.115. The molecule has 3 aromatic rings. The number of carbonyl (C=O) groups is 1. The van der Waals surface area contributed by atoms with Crippen LogP contribution in [0.2, 0.25) is 0 Å². The standard InChI is InChI=1S/C22H25N3O3S/c1-14-10-15(2)12-17(11-14)25-9-8-23-22(25)29-16(3)21(26)24-19-13-18(27-4)6-7-20(19)28-5/h6-13,16H,1-5H3,(H,24,26). The minimum absolute atomic E-state index is 0.142. The fraction of sp³-hybridized carbons (Fsp3) is 0.273. The number of hydrogen-bond acceptors (Lipinski definition) is 5. The molecule has 1 aromatic heterocycles. The van der Waals surface area contributed by atoms with Gasteiger partial charge in [0.1, 0.15) is 11.5 Å². The molecule has 1 atom stereocenters. The summed E-state index contributed by atoms with van der Waals surface area (Å²) >= 11 is 1.40. The minimum atomic E-state index is -0.363. The summed E-state index contributed by atoms with van der Waals surface area (Å²) < 4.78 is 12.6. The normalized spacial score (nSPS) is 11.8. The monoisotopic (exact) mass is 411 g/mol. The van der Waals surface area contributed by atoms with Crippen LogP contribution in [0.1, 0.15) is 18.1 Å². The Kier molecular flexibility index (Phi) is 6.49. The number of amides is 1. The quantitative estimate of drug-likeness (QED) is 0.575. The molecule has 0 aliphatic heterocycles. The molecule has 1 heterocycles. The van der Waals surface area contributed by atoms with E-state index in [1.165, 1.54) is 22.9 Å². The van der Waals surface area contributed by atoms with Crippen molar-refractivity contribution in [2.75, 3.05) is 19.5 Å². The molecule has 0 spiro atoms. The van der Waals surface area contributed by atoms with E-state index in [2.05, 4.69) is 42.3 Å². The number of anilines is 1. The first-order valence-electron chi connectivity index (χ1n) is 9.23. The molecule has 0 saturated carbocycles. The molecule has 0 saturated heterocycles. The average molecular weight is 412 g/mol. The lowest BCUT2D eigenvalue weighted by Crippen LogP contribution is -2.23. The minimum Gasteiger partial charge on any atom is -0.497 e. The van der Waals surface area contributed by atoms with E-state index >= 15 is 0 Å². The van der Waals surface area contributed by atoms with Crippen molar-refractivity contribution in [1.82, 2.24) is 9.55 Å². The molecular weight excluding hydrogens is 386 g/mol. The van der Waals surface area contributed by atoms with Crippen molar-refractivity contribution < 1.29 is 14.3 Å². The van der Waals surface area contributed by atoms with Crippen molar-refractivity contribution in [2.45, 2.75) is 31.2 Å². The van der Waals surface area contributed by atoms with E-state index in [4.69, 9.17) is 9.47 Å². The van der Waals surface area contributed by atoms with E-state index in [9.17, 15) is 4.79 Å². The fourth-order valence-electron chi connectivity index (χ4n) is 3.02. The van der Waals surface area contributed by atoms with E-state index in [0.717, 1.165) is 10.8 Å². The third-order valence-electron chi connectivity index (χ3n) is 4.41. The van der Waals surface area contributed by atoms with Crippen LogP contribution in [-0.4, -0.2) is 34.9 Å². The third-order valence-corrected chi connectivity index (χ3v) is 5.49. The maximum atomic E-state index is 12.8. The Bertz CT molecular complexity index is 996. The van der Waals surface area contributed by atoms with Crippen LogP contribution < -0.4 is 14.8 Å². The summed E-state index contributed by atoms with van der Waals surface area (Å²) in [6.45, 7) is 5.99. The maximum Gasteiger partial charge on any atom is 0.237 e. The summed E-state index contributed by atoms with van der Waals surface area (Å²) in [5, 5.41) is 3.32. The van der Waals surface area contributed by atoms with Crippen molar-refractivity contribution in [1.29, 1.82) is 0 Å². The molecule has 0 radical (unpaired) electrons. The molecule has 2 aromatic carbocycles. The highest BCUT2D eigenvalue weighted by Crippen LogP contribution is 2.31. The Labute approximate surface area is 175 Å². The van der Waals surface area contributed by atoms with Crippen LogP contribution >= 0.6 is 11.8 Å². The first-order chi connectivity index (χ1) is 13.9. The lowest BCUT2D eigenvalue weighted by Gasteiger charge is -2.16. The Morgan fingerprint density at radius 2 is 1.83 bits per heavy atom. The molecule has 0 aliphatic carbocycles. The summed E-state index contributed by atoms with van der Waals surface area (Å²) in [5.41, 5.74) is 3.97. The van der Waals surface area contributed by atoms with Crippen LogP contribution in [0.15, 0.2) is 53.9 Å². The second-order valence-electron chi connectivity index (χ2n) is 6.74. The maximum absolute atomic E-state index is 12.8. The summed E-state index contributed by atoms with van der Waals surface area (Å²) in [4.78, 5) is 17.2. The molecule has 0 bridgehead atoms. The number of carbonyl (C=O) groups excluding carboxylic acids is 1. The molecule has 1 amide bonds. The van der Waals surface area contributed by atoms with Crippen molar-refractivity contribution in [3.05, 3.63) is 59.9 Å². The van der Waals surface area contributed by atoms with E-state index < -0.39 is 0 Å². The molecule has 0 aliphatic rings. The van der Waals surface area contributed by atoms with Gasteiger partial charge in [-0.2, -0.15) is 0 Å². The predicted molar refractivity (Wildman–Crippen MR) is 117 cm³/mol. The van der Waals surface area contributed by atoms with Crippen molar-refractivity contribution in [3.63, 3.8) is 0 Å². The molecule has 1 unspecified atom stereocenters. The highest BCUT2D eigenvalue weighted by Gasteiger charge is 2.19. The van der Waals surface area contributed by atoms with Gasteiger partial charge in [0.15, 0.2) is 5.16 Å². The predicted octanol–water partition coefficient (Wildman–Crippen LogP) is 4.63. The summed E-state index contributed by atoms with van der Waals surface area (Å²) in [6.07, 6.45) is 3.65. The smallest absolute Gasteiger partial charge is 0.237 e. The number of methoxy groups -OCH3 is 2. The highest BCUT2D eigenvalue weighted by atomic mass is 32.2. The van der Waals surface area contributed by atoms with Gasteiger partial charge >= 0.3 is 0 Å². The third kappa shape index (κ3) is 4.92. The van der Waals surface area contributed by atoms with Gasteiger partial charge in [-0.3, -0.25) is 9.36 Å². The van der Waals surface area contributed by atoms with Gasteiger partial charge in [-0.25, -0.2) is 4.98 Å². The number of imidazole rings is 1. The molecule has 29 heavy (non-hydrogen) atoms. The number of nitrogens with zero attached hydrogens (tertiary/aromatic N) is 2. The Balaban J connectivity index is 1.77. The first kappa shape index (κ1) is 20.8.